The minimum absolute atomic E-state index is 0.637. The van der Waals surface area contributed by atoms with Crippen LogP contribution in [0, 0.1) is 0 Å². The van der Waals surface area contributed by atoms with E-state index in [1.807, 2.05) is 24.3 Å². The van der Waals surface area contributed by atoms with Crippen LogP contribution in [0.15, 0.2) is 33.9 Å². The lowest BCUT2D eigenvalue weighted by Crippen LogP contribution is -2.14. The molecule has 0 spiro atoms. The summed E-state index contributed by atoms with van der Waals surface area (Å²) in [6.45, 7) is 2.25. The van der Waals surface area contributed by atoms with E-state index in [2.05, 4.69) is 10.3 Å². The molecule has 0 bridgehead atoms. The van der Waals surface area contributed by atoms with E-state index >= 15 is 0 Å². The van der Waals surface area contributed by atoms with E-state index in [9.17, 15) is 0 Å². The van der Waals surface area contributed by atoms with Crippen LogP contribution in [0.4, 0.5) is 0 Å². The van der Waals surface area contributed by atoms with Gasteiger partial charge in [0.2, 0.25) is 0 Å². The highest BCUT2D eigenvalue weighted by atomic mass is 32.2. The second kappa shape index (κ2) is 5.10. The van der Waals surface area contributed by atoms with E-state index in [1.165, 1.54) is 19.3 Å². The van der Waals surface area contributed by atoms with Crippen LogP contribution in [-0.2, 0) is 0 Å². The predicted octanol–water partition coefficient (Wildman–Crippen LogP) is 3.06. The van der Waals surface area contributed by atoms with Gasteiger partial charge in [-0.2, -0.15) is 0 Å². The maximum Gasteiger partial charge on any atom is 0.257 e. The lowest BCUT2D eigenvalue weighted by molar-refractivity contribution is 0.487. The number of fused-ring (bicyclic) bond motifs is 1. The Balaban J connectivity index is 1.75. The number of para-hydroxylation sites is 2. The van der Waals surface area contributed by atoms with Gasteiger partial charge in [-0.25, -0.2) is 4.98 Å². The third-order valence-corrected chi connectivity index (χ3v) is 4.25. The molecule has 3 nitrogen and oxygen atoms in total. The number of aromatic nitrogens is 1. The summed E-state index contributed by atoms with van der Waals surface area (Å²) in [4.78, 5) is 4.51. The molecule has 0 aliphatic carbocycles. The largest absolute Gasteiger partial charge is 0.431 e. The summed E-state index contributed by atoms with van der Waals surface area (Å²) in [5, 5.41) is 4.88. The summed E-state index contributed by atoms with van der Waals surface area (Å²) in [6, 6.07) is 7.95. The number of hydrogen-bond acceptors (Lipinski definition) is 4. The average Bonchev–Trinajstić information content (AvgIpc) is 2.57. The van der Waals surface area contributed by atoms with Gasteiger partial charge in [-0.15, -0.1) is 0 Å². The number of thioether (sulfide) groups is 1. The second-order valence-electron chi connectivity index (χ2n) is 4.37. The van der Waals surface area contributed by atoms with Gasteiger partial charge in [-0.05, 0) is 44.5 Å². The maximum absolute atomic E-state index is 5.74. The summed E-state index contributed by atoms with van der Waals surface area (Å²) in [5.74, 6) is 0. The van der Waals surface area contributed by atoms with E-state index in [0.29, 0.717) is 5.25 Å². The van der Waals surface area contributed by atoms with Gasteiger partial charge in [-0.1, -0.05) is 23.9 Å². The molecule has 1 atom stereocenters. The molecule has 90 valence electrons. The molecule has 1 aromatic heterocycles. The molecule has 1 saturated heterocycles. The minimum Gasteiger partial charge on any atom is -0.431 e. The first-order chi connectivity index (χ1) is 8.42. The fourth-order valence-electron chi connectivity index (χ4n) is 2.15. The molecule has 3 rings (SSSR count). The number of oxazole rings is 1. The highest BCUT2D eigenvalue weighted by molar-refractivity contribution is 7.99. The zero-order chi connectivity index (χ0) is 11.5. The van der Waals surface area contributed by atoms with Crippen LogP contribution < -0.4 is 5.32 Å². The zero-order valence-electron chi connectivity index (χ0n) is 9.69. The minimum atomic E-state index is 0.637. The quantitative estimate of drug-likeness (QED) is 0.886. The summed E-state index contributed by atoms with van der Waals surface area (Å²) < 4.78 is 5.74. The molecular weight excluding hydrogens is 232 g/mol. The normalized spacial score (nSPS) is 21.5. The van der Waals surface area contributed by atoms with Gasteiger partial charge in [-0.3, -0.25) is 0 Å². The lowest BCUT2D eigenvalue weighted by atomic mass is 10.2. The van der Waals surface area contributed by atoms with Gasteiger partial charge in [0.05, 0.1) is 0 Å². The van der Waals surface area contributed by atoms with Crippen molar-refractivity contribution in [2.75, 3.05) is 13.1 Å². The smallest absolute Gasteiger partial charge is 0.257 e. The van der Waals surface area contributed by atoms with Crippen LogP contribution in [0.1, 0.15) is 19.3 Å². The van der Waals surface area contributed by atoms with Crippen molar-refractivity contribution in [1.82, 2.24) is 10.3 Å². The monoisotopic (exact) mass is 248 g/mol. The Bertz CT molecular complexity index is 456. The summed E-state index contributed by atoms with van der Waals surface area (Å²) in [5.41, 5.74) is 1.85. The van der Waals surface area contributed by atoms with Crippen molar-refractivity contribution in [3.05, 3.63) is 24.3 Å². The van der Waals surface area contributed by atoms with Gasteiger partial charge in [0.25, 0.3) is 5.22 Å². The van der Waals surface area contributed by atoms with Gasteiger partial charge in [0.15, 0.2) is 5.58 Å². The van der Waals surface area contributed by atoms with Crippen molar-refractivity contribution in [3.8, 4) is 0 Å². The summed E-state index contributed by atoms with van der Waals surface area (Å²) in [7, 11) is 0. The Labute approximate surface area is 105 Å². The SMILES string of the molecule is c1ccc2oc(SC3CCCNCC3)nc2c1. The van der Waals surface area contributed by atoms with E-state index in [1.54, 1.807) is 11.8 Å². The molecular formula is C13H16N2OS. The van der Waals surface area contributed by atoms with E-state index in [4.69, 9.17) is 4.42 Å². The van der Waals surface area contributed by atoms with Crippen molar-refractivity contribution < 1.29 is 4.42 Å². The van der Waals surface area contributed by atoms with Crippen molar-refractivity contribution in [2.24, 2.45) is 0 Å². The van der Waals surface area contributed by atoms with Gasteiger partial charge in [0.1, 0.15) is 5.52 Å². The number of rotatable bonds is 2. The second-order valence-corrected chi connectivity index (χ2v) is 5.62. The molecule has 4 heteroatoms. The molecule has 1 aliphatic heterocycles. The van der Waals surface area contributed by atoms with Crippen LogP contribution in [-0.4, -0.2) is 23.3 Å². The van der Waals surface area contributed by atoms with Crippen molar-refractivity contribution in [1.29, 1.82) is 0 Å². The number of hydrogen-bond donors (Lipinski definition) is 1. The Morgan fingerprint density at radius 2 is 2.18 bits per heavy atom. The van der Waals surface area contributed by atoms with E-state index in [0.717, 1.165) is 29.4 Å². The topological polar surface area (TPSA) is 38.1 Å². The van der Waals surface area contributed by atoms with Crippen LogP contribution >= 0.6 is 11.8 Å². The van der Waals surface area contributed by atoms with Crippen LogP contribution in [0.3, 0.4) is 0 Å². The average molecular weight is 248 g/mol. The molecule has 17 heavy (non-hydrogen) atoms. The van der Waals surface area contributed by atoms with Crippen molar-refractivity contribution in [2.45, 2.75) is 29.7 Å². The van der Waals surface area contributed by atoms with E-state index < -0.39 is 0 Å². The van der Waals surface area contributed by atoms with Crippen LogP contribution in [0.5, 0.6) is 0 Å². The molecule has 1 N–H and O–H groups in total. The Hall–Kier alpha value is -1.00. The summed E-state index contributed by atoms with van der Waals surface area (Å²) in [6.07, 6.45) is 3.69. The van der Waals surface area contributed by atoms with Gasteiger partial charge in [0, 0.05) is 5.25 Å². The van der Waals surface area contributed by atoms with Gasteiger partial charge >= 0.3 is 0 Å². The van der Waals surface area contributed by atoms with Crippen molar-refractivity contribution >= 4 is 22.9 Å². The third-order valence-electron chi connectivity index (χ3n) is 3.06. The number of benzene rings is 1. The maximum atomic E-state index is 5.74. The van der Waals surface area contributed by atoms with Crippen LogP contribution in [0.25, 0.3) is 11.1 Å². The highest BCUT2D eigenvalue weighted by Gasteiger charge is 2.16. The molecule has 0 saturated carbocycles. The fraction of sp³-hybridized carbons (Fsp3) is 0.462. The number of nitrogens with zero attached hydrogens (tertiary/aromatic N) is 1. The first kappa shape index (κ1) is 11.1. The van der Waals surface area contributed by atoms with E-state index in [-0.39, 0.29) is 0 Å². The first-order valence-electron chi connectivity index (χ1n) is 6.15. The first-order valence-corrected chi connectivity index (χ1v) is 7.03. The molecule has 0 amide bonds. The molecule has 2 heterocycles. The molecule has 1 aromatic carbocycles. The Morgan fingerprint density at radius 3 is 3.12 bits per heavy atom. The zero-order valence-corrected chi connectivity index (χ0v) is 10.5. The lowest BCUT2D eigenvalue weighted by Gasteiger charge is -2.09. The van der Waals surface area contributed by atoms with Gasteiger partial charge < -0.3 is 9.73 Å². The highest BCUT2D eigenvalue weighted by Crippen LogP contribution is 2.30. The molecule has 1 fully saturated rings. The fourth-order valence-corrected chi connectivity index (χ4v) is 3.24. The van der Waals surface area contributed by atoms with Crippen LogP contribution in [0.2, 0.25) is 0 Å². The molecule has 0 radical (unpaired) electrons. The third kappa shape index (κ3) is 2.64. The molecule has 1 unspecified atom stereocenters. The predicted molar refractivity (Wildman–Crippen MR) is 70.4 cm³/mol. The Kier molecular flexibility index (Phi) is 3.34. The molecule has 1 aliphatic rings. The Morgan fingerprint density at radius 1 is 1.24 bits per heavy atom. The summed E-state index contributed by atoms with van der Waals surface area (Å²) >= 11 is 1.79. The molecule has 2 aromatic rings. The standard InChI is InChI=1S/C13H16N2OS/c1-2-6-12-11(5-1)15-13(16-12)17-10-4-3-8-14-9-7-10/h1-2,5-6,10,14H,3-4,7-9H2. The number of nitrogens with one attached hydrogen (secondary N) is 1. The van der Waals surface area contributed by atoms with Crippen molar-refractivity contribution in [3.63, 3.8) is 0 Å².